The lowest BCUT2D eigenvalue weighted by Gasteiger charge is -2.33. The molecule has 1 N–H and O–H groups in total. The molecule has 1 saturated heterocycles. The molecule has 1 aromatic carbocycles. The highest BCUT2D eigenvalue weighted by atomic mass is 35.5. The van der Waals surface area contributed by atoms with Gasteiger partial charge in [0.1, 0.15) is 10.3 Å². The summed E-state index contributed by atoms with van der Waals surface area (Å²) in [6.45, 7) is 0.333. The van der Waals surface area contributed by atoms with Crippen molar-refractivity contribution in [2.75, 3.05) is 11.9 Å². The number of fused-ring (bicyclic) bond motifs is 1. The van der Waals surface area contributed by atoms with Crippen LogP contribution in [0.5, 0.6) is 0 Å². The lowest BCUT2D eigenvalue weighted by atomic mass is 10.0. The van der Waals surface area contributed by atoms with Crippen LogP contribution in [0.25, 0.3) is 10.1 Å². The number of carbonyl (C=O) groups excluding carboxylic acids is 1. The molecule has 0 saturated carbocycles. The first-order valence-electron chi connectivity index (χ1n) is 8.50. The molecule has 1 fully saturated rings. The predicted octanol–water partition coefficient (Wildman–Crippen LogP) is 4.80. The van der Waals surface area contributed by atoms with Crippen molar-refractivity contribution in [1.29, 1.82) is 0 Å². The van der Waals surface area contributed by atoms with Crippen LogP contribution in [0.3, 0.4) is 0 Å². The number of halogens is 1. The summed E-state index contributed by atoms with van der Waals surface area (Å²) in [5, 5.41) is 5.94. The molecule has 27 heavy (non-hydrogen) atoms. The Balaban J connectivity index is 1.58. The zero-order valence-electron chi connectivity index (χ0n) is 14.2. The van der Waals surface area contributed by atoms with Crippen LogP contribution < -0.4 is 5.32 Å². The van der Waals surface area contributed by atoms with Gasteiger partial charge in [-0.3, -0.25) is 4.79 Å². The number of hydrogen-bond donors (Lipinski definition) is 1. The van der Waals surface area contributed by atoms with E-state index in [-0.39, 0.29) is 10.1 Å². The normalized spacial score (nSPS) is 18.6. The van der Waals surface area contributed by atoms with Crippen LogP contribution >= 0.6 is 34.3 Å². The van der Waals surface area contributed by atoms with Crippen LogP contribution in [-0.2, 0) is 14.8 Å². The van der Waals surface area contributed by atoms with E-state index in [1.54, 1.807) is 17.4 Å². The van der Waals surface area contributed by atoms with Crippen molar-refractivity contribution in [3.8, 4) is 0 Å². The first-order valence-corrected chi connectivity index (χ1v) is 12.0. The summed E-state index contributed by atoms with van der Waals surface area (Å²) in [7, 11) is -3.75. The van der Waals surface area contributed by atoms with E-state index in [0.29, 0.717) is 23.0 Å². The molecular formula is C18H17ClN2O3S3. The average molecular weight is 441 g/mol. The lowest BCUT2D eigenvalue weighted by Crippen LogP contribution is -2.49. The first kappa shape index (κ1) is 18.9. The number of nitrogens with zero attached hydrogens (tertiary/aromatic N) is 1. The standard InChI is InChI=1S/C18H17ClN2O3S3/c19-16-6-7-17(26-16)27(23,24)21-9-2-1-3-14(21)18(22)20-13-4-5-15-12(11-13)8-10-25-15/h4-8,10-11,14H,1-3,9H2,(H,20,22)/t14-/m0/s1. The number of anilines is 1. The Hall–Kier alpha value is -1.45. The topological polar surface area (TPSA) is 66.5 Å². The fourth-order valence-electron chi connectivity index (χ4n) is 3.28. The van der Waals surface area contributed by atoms with E-state index in [1.165, 1.54) is 10.4 Å². The minimum atomic E-state index is -3.75. The van der Waals surface area contributed by atoms with E-state index in [4.69, 9.17) is 11.6 Å². The highest BCUT2D eigenvalue weighted by molar-refractivity contribution is 7.91. The molecule has 0 bridgehead atoms. The third-order valence-corrected chi connectivity index (χ3v) is 9.09. The van der Waals surface area contributed by atoms with Gasteiger partial charge < -0.3 is 5.32 Å². The molecule has 0 aliphatic carbocycles. The van der Waals surface area contributed by atoms with Crippen molar-refractivity contribution in [1.82, 2.24) is 4.31 Å². The quantitative estimate of drug-likeness (QED) is 0.633. The number of rotatable bonds is 4. The van der Waals surface area contributed by atoms with Gasteiger partial charge in [0, 0.05) is 16.9 Å². The lowest BCUT2D eigenvalue weighted by molar-refractivity contribution is -0.120. The maximum atomic E-state index is 13.0. The molecule has 9 heteroatoms. The van der Waals surface area contributed by atoms with Crippen LogP contribution in [0, 0.1) is 0 Å². The summed E-state index contributed by atoms with van der Waals surface area (Å²) < 4.78 is 29.1. The van der Waals surface area contributed by atoms with Crippen molar-refractivity contribution in [3.63, 3.8) is 0 Å². The molecule has 0 spiro atoms. The van der Waals surface area contributed by atoms with Gasteiger partial charge in [0.05, 0.1) is 4.34 Å². The maximum Gasteiger partial charge on any atom is 0.253 e. The van der Waals surface area contributed by atoms with Crippen LogP contribution in [-0.4, -0.2) is 31.2 Å². The minimum absolute atomic E-state index is 0.173. The van der Waals surface area contributed by atoms with Crippen molar-refractivity contribution in [2.45, 2.75) is 29.5 Å². The van der Waals surface area contributed by atoms with Gasteiger partial charge in [-0.15, -0.1) is 22.7 Å². The number of thiophene rings is 2. The van der Waals surface area contributed by atoms with E-state index in [1.807, 2.05) is 29.6 Å². The van der Waals surface area contributed by atoms with Gasteiger partial charge >= 0.3 is 0 Å². The summed E-state index contributed by atoms with van der Waals surface area (Å²) in [5.41, 5.74) is 0.674. The van der Waals surface area contributed by atoms with Crippen LogP contribution in [0.15, 0.2) is 46.0 Å². The number of carbonyl (C=O) groups is 1. The summed E-state index contributed by atoms with van der Waals surface area (Å²) in [6, 6.07) is 10.0. The molecule has 142 valence electrons. The van der Waals surface area contributed by atoms with Gasteiger partial charge in [-0.2, -0.15) is 4.31 Å². The molecule has 1 amide bonds. The van der Waals surface area contributed by atoms with E-state index in [0.717, 1.165) is 34.3 Å². The van der Waals surface area contributed by atoms with Gasteiger partial charge in [-0.25, -0.2) is 8.42 Å². The van der Waals surface area contributed by atoms with Crippen molar-refractivity contribution in [3.05, 3.63) is 46.1 Å². The third kappa shape index (κ3) is 3.77. The van der Waals surface area contributed by atoms with Crippen LogP contribution in [0.2, 0.25) is 4.34 Å². The van der Waals surface area contributed by atoms with Gasteiger partial charge in [0.2, 0.25) is 5.91 Å². The Kier molecular flexibility index (Phi) is 5.26. The number of nitrogens with one attached hydrogen (secondary N) is 1. The molecular weight excluding hydrogens is 424 g/mol. The molecule has 4 rings (SSSR count). The summed E-state index contributed by atoms with van der Waals surface area (Å²) in [5.74, 6) is -0.296. The number of amides is 1. The number of benzene rings is 1. The van der Waals surface area contributed by atoms with E-state index < -0.39 is 16.1 Å². The van der Waals surface area contributed by atoms with E-state index in [9.17, 15) is 13.2 Å². The second kappa shape index (κ2) is 7.52. The minimum Gasteiger partial charge on any atom is -0.325 e. The molecule has 3 heterocycles. The van der Waals surface area contributed by atoms with Gasteiger partial charge in [-0.05, 0) is 60.0 Å². The number of hydrogen-bond acceptors (Lipinski definition) is 5. The second-order valence-electron chi connectivity index (χ2n) is 6.35. The van der Waals surface area contributed by atoms with Crippen molar-refractivity contribution < 1.29 is 13.2 Å². The van der Waals surface area contributed by atoms with Crippen molar-refractivity contribution in [2.24, 2.45) is 0 Å². The highest BCUT2D eigenvalue weighted by Gasteiger charge is 2.38. The molecule has 0 unspecified atom stereocenters. The fraction of sp³-hybridized carbons (Fsp3) is 0.278. The second-order valence-corrected chi connectivity index (χ2v) is 11.1. The van der Waals surface area contributed by atoms with Gasteiger partial charge in [-0.1, -0.05) is 18.0 Å². The summed E-state index contributed by atoms with van der Waals surface area (Å²) in [6.07, 6.45) is 2.06. The van der Waals surface area contributed by atoms with E-state index in [2.05, 4.69) is 5.32 Å². The zero-order valence-corrected chi connectivity index (χ0v) is 17.4. The summed E-state index contributed by atoms with van der Waals surface area (Å²) >= 11 is 8.56. The fourth-order valence-corrected chi connectivity index (χ4v) is 7.32. The first-order chi connectivity index (χ1) is 12.9. The third-order valence-electron chi connectivity index (χ3n) is 4.59. The summed E-state index contributed by atoms with van der Waals surface area (Å²) in [4.78, 5) is 12.9. The monoisotopic (exact) mass is 440 g/mol. The molecule has 1 aliphatic heterocycles. The zero-order chi connectivity index (χ0) is 19.0. The predicted molar refractivity (Wildman–Crippen MR) is 111 cm³/mol. The van der Waals surface area contributed by atoms with E-state index >= 15 is 0 Å². The Morgan fingerprint density at radius 3 is 2.81 bits per heavy atom. The molecule has 0 radical (unpaired) electrons. The van der Waals surface area contributed by atoms with Crippen LogP contribution in [0.1, 0.15) is 19.3 Å². The molecule has 2 aromatic heterocycles. The van der Waals surface area contributed by atoms with Crippen LogP contribution in [0.4, 0.5) is 5.69 Å². The SMILES string of the molecule is O=C(Nc1ccc2sccc2c1)[C@@H]1CCCCN1S(=O)(=O)c1ccc(Cl)s1. The molecule has 1 aliphatic rings. The van der Waals surface area contributed by atoms with Gasteiger partial charge in [0.15, 0.2) is 0 Å². The largest absolute Gasteiger partial charge is 0.325 e. The number of piperidine rings is 1. The maximum absolute atomic E-state index is 13.0. The Bertz CT molecular complexity index is 1090. The number of sulfonamides is 1. The Morgan fingerprint density at radius 2 is 2.04 bits per heavy atom. The van der Waals surface area contributed by atoms with Gasteiger partial charge in [0.25, 0.3) is 10.0 Å². The molecule has 1 atom stereocenters. The molecule has 3 aromatic rings. The Labute approximate surface area is 170 Å². The molecule has 5 nitrogen and oxygen atoms in total. The van der Waals surface area contributed by atoms with Crippen molar-refractivity contribution >= 4 is 66.0 Å². The average Bonchev–Trinajstić information content (AvgIpc) is 3.30. The smallest absolute Gasteiger partial charge is 0.253 e. The Morgan fingerprint density at radius 1 is 1.19 bits per heavy atom. The highest BCUT2D eigenvalue weighted by Crippen LogP contribution is 2.32.